The van der Waals surface area contributed by atoms with Crippen LogP contribution < -0.4 is 5.32 Å². The predicted molar refractivity (Wildman–Crippen MR) is 85.8 cm³/mol. The van der Waals surface area contributed by atoms with Crippen LogP contribution in [-0.4, -0.2) is 13.1 Å². The second-order valence-corrected chi connectivity index (χ2v) is 6.24. The Bertz CT molecular complexity index is 644. The van der Waals surface area contributed by atoms with E-state index in [0.717, 1.165) is 30.1 Å². The standard InChI is InChI=1S/C17H16Cl2FN/c18-11-5-6-17(20)14(9-11)12-7-8-21-10-15(12)13-3-1-2-4-16(13)19/h1-6,9,12,15,21H,7-8,10H2. The maximum Gasteiger partial charge on any atom is 0.126 e. The van der Waals surface area contributed by atoms with E-state index in [0.29, 0.717) is 10.6 Å². The lowest BCUT2D eigenvalue weighted by atomic mass is 9.77. The van der Waals surface area contributed by atoms with Crippen molar-refractivity contribution in [1.29, 1.82) is 0 Å². The van der Waals surface area contributed by atoms with Crippen molar-refractivity contribution >= 4 is 23.2 Å². The molecule has 1 heterocycles. The molecule has 1 saturated heterocycles. The summed E-state index contributed by atoms with van der Waals surface area (Å²) in [7, 11) is 0. The maximum absolute atomic E-state index is 14.2. The number of piperidine rings is 1. The summed E-state index contributed by atoms with van der Waals surface area (Å²) in [5.74, 6) is 0.0496. The molecule has 2 aromatic carbocycles. The molecule has 0 saturated carbocycles. The summed E-state index contributed by atoms with van der Waals surface area (Å²) in [6.07, 6.45) is 0.868. The molecule has 1 fully saturated rings. The van der Waals surface area contributed by atoms with Crippen LogP contribution in [0.2, 0.25) is 10.0 Å². The van der Waals surface area contributed by atoms with Crippen molar-refractivity contribution in [3.63, 3.8) is 0 Å². The summed E-state index contributed by atoms with van der Waals surface area (Å²) in [6, 6.07) is 12.6. The smallest absolute Gasteiger partial charge is 0.126 e. The van der Waals surface area contributed by atoms with Crippen LogP contribution >= 0.6 is 23.2 Å². The van der Waals surface area contributed by atoms with Gasteiger partial charge in [0.05, 0.1) is 0 Å². The molecule has 0 radical (unpaired) electrons. The third kappa shape index (κ3) is 3.08. The van der Waals surface area contributed by atoms with Gasteiger partial charge in [0.2, 0.25) is 0 Å². The Balaban J connectivity index is 2.02. The zero-order chi connectivity index (χ0) is 14.8. The van der Waals surface area contributed by atoms with E-state index in [2.05, 4.69) is 5.32 Å². The average Bonchev–Trinajstić information content (AvgIpc) is 2.50. The molecule has 2 aromatic rings. The van der Waals surface area contributed by atoms with Crippen molar-refractivity contribution < 1.29 is 4.39 Å². The van der Waals surface area contributed by atoms with Crippen LogP contribution in [0.5, 0.6) is 0 Å². The van der Waals surface area contributed by atoms with E-state index >= 15 is 0 Å². The number of nitrogens with one attached hydrogen (secondary N) is 1. The van der Waals surface area contributed by atoms with Crippen molar-refractivity contribution in [1.82, 2.24) is 5.32 Å². The fourth-order valence-electron chi connectivity index (χ4n) is 3.13. The van der Waals surface area contributed by atoms with Crippen molar-refractivity contribution in [2.24, 2.45) is 0 Å². The van der Waals surface area contributed by atoms with Crippen LogP contribution in [0.3, 0.4) is 0 Å². The van der Waals surface area contributed by atoms with E-state index < -0.39 is 0 Å². The van der Waals surface area contributed by atoms with Crippen molar-refractivity contribution in [2.45, 2.75) is 18.3 Å². The predicted octanol–water partition coefficient (Wildman–Crippen LogP) is 4.99. The number of benzene rings is 2. The molecule has 1 nitrogen and oxygen atoms in total. The van der Waals surface area contributed by atoms with Crippen molar-refractivity contribution in [3.8, 4) is 0 Å². The van der Waals surface area contributed by atoms with E-state index in [4.69, 9.17) is 23.2 Å². The molecule has 0 spiro atoms. The SMILES string of the molecule is Fc1ccc(Cl)cc1C1CCNCC1c1ccccc1Cl. The minimum atomic E-state index is -0.191. The molecule has 2 atom stereocenters. The maximum atomic E-state index is 14.2. The first kappa shape index (κ1) is 14.8. The fourth-order valence-corrected chi connectivity index (χ4v) is 3.59. The van der Waals surface area contributed by atoms with Gasteiger partial charge >= 0.3 is 0 Å². The van der Waals surface area contributed by atoms with Crippen LogP contribution in [0.4, 0.5) is 4.39 Å². The lowest BCUT2D eigenvalue weighted by Crippen LogP contribution is -2.34. The van der Waals surface area contributed by atoms with Crippen molar-refractivity contribution in [3.05, 3.63) is 69.5 Å². The quantitative estimate of drug-likeness (QED) is 0.820. The monoisotopic (exact) mass is 323 g/mol. The zero-order valence-corrected chi connectivity index (χ0v) is 13.0. The molecule has 1 N–H and O–H groups in total. The number of hydrogen-bond donors (Lipinski definition) is 1. The lowest BCUT2D eigenvalue weighted by Gasteiger charge is -2.33. The van der Waals surface area contributed by atoms with Gasteiger partial charge in [0, 0.05) is 22.5 Å². The van der Waals surface area contributed by atoms with E-state index in [-0.39, 0.29) is 17.7 Å². The van der Waals surface area contributed by atoms with Gasteiger partial charge in [-0.05, 0) is 54.3 Å². The van der Waals surface area contributed by atoms with Gasteiger partial charge in [-0.25, -0.2) is 4.39 Å². The summed E-state index contributed by atoms with van der Waals surface area (Å²) < 4.78 is 14.2. The van der Waals surface area contributed by atoms with Crippen LogP contribution in [0.25, 0.3) is 0 Å². The Labute approximate surface area is 134 Å². The third-order valence-electron chi connectivity index (χ3n) is 4.14. The average molecular weight is 324 g/mol. The summed E-state index contributed by atoms with van der Waals surface area (Å²) in [5.41, 5.74) is 1.75. The highest BCUT2D eigenvalue weighted by molar-refractivity contribution is 6.31. The van der Waals surface area contributed by atoms with Gasteiger partial charge in [-0.1, -0.05) is 41.4 Å². The first-order chi connectivity index (χ1) is 10.2. The Morgan fingerprint density at radius 1 is 1.00 bits per heavy atom. The second kappa shape index (κ2) is 6.35. The molecule has 0 aliphatic carbocycles. The van der Waals surface area contributed by atoms with E-state index in [1.807, 2.05) is 24.3 Å². The minimum Gasteiger partial charge on any atom is -0.316 e. The summed E-state index contributed by atoms with van der Waals surface area (Å²) in [4.78, 5) is 0. The van der Waals surface area contributed by atoms with Gasteiger partial charge in [0.15, 0.2) is 0 Å². The Morgan fingerprint density at radius 3 is 2.62 bits per heavy atom. The third-order valence-corrected chi connectivity index (χ3v) is 4.72. The first-order valence-electron chi connectivity index (χ1n) is 7.07. The number of hydrogen-bond acceptors (Lipinski definition) is 1. The topological polar surface area (TPSA) is 12.0 Å². The van der Waals surface area contributed by atoms with Gasteiger partial charge in [0.1, 0.15) is 5.82 Å². The highest BCUT2D eigenvalue weighted by atomic mass is 35.5. The molecule has 2 unspecified atom stereocenters. The fraction of sp³-hybridized carbons (Fsp3) is 0.294. The normalized spacial score (nSPS) is 22.2. The lowest BCUT2D eigenvalue weighted by molar-refractivity contribution is 0.393. The Kier molecular flexibility index (Phi) is 4.48. The van der Waals surface area contributed by atoms with Gasteiger partial charge in [-0.2, -0.15) is 0 Å². The van der Waals surface area contributed by atoms with Gasteiger partial charge < -0.3 is 5.32 Å². The Morgan fingerprint density at radius 2 is 1.81 bits per heavy atom. The van der Waals surface area contributed by atoms with Crippen LogP contribution in [0, 0.1) is 5.82 Å². The Hall–Kier alpha value is -1.09. The molecule has 110 valence electrons. The number of halogens is 3. The van der Waals surface area contributed by atoms with E-state index in [1.165, 1.54) is 6.07 Å². The molecule has 0 amide bonds. The summed E-state index contributed by atoms with van der Waals surface area (Å²) in [5, 5.41) is 4.69. The van der Waals surface area contributed by atoms with E-state index in [1.54, 1.807) is 12.1 Å². The minimum absolute atomic E-state index is 0.0878. The zero-order valence-electron chi connectivity index (χ0n) is 11.5. The first-order valence-corrected chi connectivity index (χ1v) is 7.82. The van der Waals surface area contributed by atoms with Gasteiger partial charge in [-0.15, -0.1) is 0 Å². The van der Waals surface area contributed by atoms with Crippen LogP contribution in [-0.2, 0) is 0 Å². The largest absolute Gasteiger partial charge is 0.316 e. The number of rotatable bonds is 2. The van der Waals surface area contributed by atoms with Crippen LogP contribution in [0.1, 0.15) is 29.4 Å². The molecule has 21 heavy (non-hydrogen) atoms. The highest BCUT2D eigenvalue weighted by Gasteiger charge is 2.30. The second-order valence-electron chi connectivity index (χ2n) is 5.39. The van der Waals surface area contributed by atoms with Gasteiger partial charge in [-0.3, -0.25) is 0 Å². The molecule has 0 aromatic heterocycles. The molecule has 1 aliphatic heterocycles. The molecular formula is C17H16Cl2FN. The van der Waals surface area contributed by atoms with Gasteiger partial charge in [0.25, 0.3) is 0 Å². The van der Waals surface area contributed by atoms with Crippen molar-refractivity contribution in [2.75, 3.05) is 13.1 Å². The molecule has 4 heteroatoms. The summed E-state index contributed by atoms with van der Waals surface area (Å²) in [6.45, 7) is 1.66. The molecular weight excluding hydrogens is 308 g/mol. The molecule has 0 bridgehead atoms. The van der Waals surface area contributed by atoms with Crippen LogP contribution in [0.15, 0.2) is 42.5 Å². The molecule has 1 aliphatic rings. The summed E-state index contributed by atoms with van der Waals surface area (Å²) >= 11 is 12.4. The van der Waals surface area contributed by atoms with E-state index in [9.17, 15) is 4.39 Å². The molecule has 3 rings (SSSR count). The highest BCUT2D eigenvalue weighted by Crippen LogP contribution is 2.41.